The number of rotatable bonds is 6. The first kappa shape index (κ1) is 15.3. The number of aromatic nitrogens is 1. The highest BCUT2D eigenvalue weighted by Crippen LogP contribution is 2.17. The van der Waals surface area contributed by atoms with Crippen LogP contribution in [0, 0.1) is 6.92 Å². The van der Waals surface area contributed by atoms with Gasteiger partial charge < -0.3 is 5.32 Å². The molecule has 1 aromatic carbocycles. The molecule has 2 rings (SSSR count). The van der Waals surface area contributed by atoms with E-state index in [0.717, 1.165) is 24.3 Å². The molecule has 0 bridgehead atoms. The predicted molar refractivity (Wildman–Crippen MR) is 85.0 cm³/mol. The van der Waals surface area contributed by atoms with Crippen LogP contribution >= 0.6 is 0 Å². The zero-order valence-electron chi connectivity index (χ0n) is 12.1. The van der Waals surface area contributed by atoms with Gasteiger partial charge in [-0.25, -0.2) is 8.42 Å². The monoisotopic (exact) mass is 305 g/mol. The van der Waals surface area contributed by atoms with E-state index in [2.05, 4.69) is 21.9 Å². The summed E-state index contributed by atoms with van der Waals surface area (Å²) in [6, 6.07) is 10.1. The molecule has 5 nitrogen and oxygen atoms in total. The molecule has 1 aromatic heterocycles. The Morgan fingerprint density at radius 1 is 1.05 bits per heavy atom. The molecule has 112 valence electrons. The molecular formula is C15H19N3O2S. The fourth-order valence-corrected chi connectivity index (χ4v) is 2.81. The lowest BCUT2D eigenvalue weighted by Gasteiger charge is -2.09. The van der Waals surface area contributed by atoms with E-state index >= 15 is 0 Å². The lowest BCUT2D eigenvalue weighted by Crippen LogP contribution is -2.13. The van der Waals surface area contributed by atoms with E-state index in [9.17, 15) is 8.42 Å². The highest BCUT2D eigenvalue weighted by molar-refractivity contribution is 7.92. The van der Waals surface area contributed by atoms with Crippen LogP contribution in [0.15, 0.2) is 47.5 Å². The number of aryl methyl sites for hydroxylation is 1. The largest absolute Gasteiger partial charge is 0.385 e. The van der Waals surface area contributed by atoms with Crippen LogP contribution in [-0.2, 0) is 10.0 Å². The summed E-state index contributed by atoms with van der Waals surface area (Å²) in [5.74, 6) is 0. The second kappa shape index (κ2) is 6.58. The lowest BCUT2D eigenvalue weighted by atomic mass is 10.3. The van der Waals surface area contributed by atoms with E-state index in [0.29, 0.717) is 5.69 Å². The molecule has 0 radical (unpaired) electrons. The Bertz CT molecular complexity index is 680. The number of nitrogens with one attached hydrogen (secondary N) is 2. The molecule has 0 fully saturated rings. The predicted octanol–water partition coefficient (Wildman–Crippen LogP) is 3.01. The van der Waals surface area contributed by atoms with Crippen molar-refractivity contribution in [2.45, 2.75) is 25.2 Å². The second-order valence-electron chi connectivity index (χ2n) is 4.74. The van der Waals surface area contributed by atoms with Crippen molar-refractivity contribution in [3.63, 3.8) is 0 Å². The van der Waals surface area contributed by atoms with Crippen LogP contribution in [0.2, 0.25) is 0 Å². The first-order valence-corrected chi connectivity index (χ1v) is 8.29. The van der Waals surface area contributed by atoms with Gasteiger partial charge in [-0.3, -0.25) is 9.71 Å². The maximum atomic E-state index is 12.3. The number of pyridine rings is 1. The highest BCUT2D eigenvalue weighted by Gasteiger charge is 2.14. The first-order chi connectivity index (χ1) is 10.0. The van der Waals surface area contributed by atoms with Crippen LogP contribution < -0.4 is 10.0 Å². The SMILES string of the molecule is CCCNc1ccc(S(=O)(=O)Nc2ccc(C)nc2)cc1. The summed E-state index contributed by atoms with van der Waals surface area (Å²) < 4.78 is 27.0. The van der Waals surface area contributed by atoms with Crippen LogP contribution in [0.5, 0.6) is 0 Å². The number of sulfonamides is 1. The molecule has 0 aliphatic rings. The van der Waals surface area contributed by atoms with E-state index in [1.54, 1.807) is 36.4 Å². The molecule has 0 unspecified atom stereocenters. The molecule has 0 spiro atoms. The van der Waals surface area contributed by atoms with E-state index in [1.165, 1.54) is 6.20 Å². The van der Waals surface area contributed by atoms with Crippen molar-refractivity contribution in [3.8, 4) is 0 Å². The van der Waals surface area contributed by atoms with Crippen LogP contribution in [0.1, 0.15) is 19.0 Å². The molecule has 1 heterocycles. The van der Waals surface area contributed by atoms with Crippen LogP contribution in [0.4, 0.5) is 11.4 Å². The van der Waals surface area contributed by atoms with Crippen molar-refractivity contribution < 1.29 is 8.42 Å². The van der Waals surface area contributed by atoms with Gasteiger partial charge in [-0.05, 0) is 49.7 Å². The van der Waals surface area contributed by atoms with Crippen molar-refractivity contribution in [3.05, 3.63) is 48.3 Å². The summed E-state index contributed by atoms with van der Waals surface area (Å²) in [6.07, 6.45) is 2.52. The Kier molecular flexibility index (Phi) is 4.80. The molecule has 0 aliphatic heterocycles. The fraction of sp³-hybridized carbons (Fsp3) is 0.267. The standard InChI is InChI=1S/C15H19N3O2S/c1-3-10-16-13-6-8-15(9-7-13)21(19,20)18-14-5-4-12(2)17-11-14/h4-9,11,16,18H,3,10H2,1-2H3. The zero-order chi connectivity index (χ0) is 15.3. The minimum absolute atomic E-state index is 0.227. The summed E-state index contributed by atoms with van der Waals surface area (Å²) in [4.78, 5) is 4.29. The van der Waals surface area contributed by atoms with E-state index < -0.39 is 10.0 Å². The molecule has 0 amide bonds. The Balaban J connectivity index is 2.13. The zero-order valence-corrected chi connectivity index (χ0v) is 12.9. The van der Waals surface area contributed by atoms with Gasteiger partial charge in [-0.1, -0.05) is 6.92 Å². The third-order valence-corrected chi connectivity index (χ3v) is 4.30. The fourth-order valence-electron chi connectivity index (χ4n) is 1.76. The number of nitrogens with zero attached hydrogens (tertiary/aromatic N) is 1. The summed E-state index contributed by atoms with van der Waals surface area (Å²) in [5, 5.41) is 3.20. The van der Waals surface area contributed by atoms with Gasteiger partial charge in [0.1, 0.15) is 0 Å². The number of anilines is 2. The van der Waals surface area contributed by atoms with E-state index in [1.807, 2.05) is 6.92 Å². The van der Waals surface area contributed by atoms with Gasteiger partial charge in [0.25, 0.3) is 10.0 Å². The second-order valence-corrected chi connectivity index (χ2v) is 6.43. The molecule has 2 N–H and O–H groups in total. The van der Waals surface area contributed by atoms with E-state index in [-0.39, 0.29) is 4.90 Å². The van der Waals surface area contributed by atoms with Crippen LogP contribution in [0.25, 0.3) is 0 Å². The maximum absolute atomic E-state index is 12.3. The van der Waals surface area contributed by atoms with Crippen molar-refractivity contribution in [2.75, 3.05) is 16.6 Å². The third-order valence-electron chi connectivity index (χ3n) is 2.91. The van der Waals surface area contributed by atoms with E-state index in [4.69, 9.17) is 0 Å². The topological polar surface area (TPSA) is 71.1 Å². The van der Waals surface area contributed by atoms with Crippen molar-refractivity contribution >= 4 is 21.4 Å². The first-order valence-electron chi connectivity index (χ1n) is 6.80. The Morgan fingerprint density at radius 2 is 1.71 bits per heavy atom. The average Bonchev–Trinajstić information content (AvgIpc) is 2.48. The Morgan fingerprint density at radius 3 is 2.29 bits per heavy atom. The number of hydrogen-bond donors (Lipinski definition) is 2. The van der Waals surface area contributed by atoms with Crippen LogP contribution in [0.3, 0.4) is 0 Å². The van der Waals surface area contributed by atoms with Gasteiger partial charge >= 0.3 is 0 Å². The summed E-state index contributed by atoms with van der Waals surface area (Å²) in [7, 11) is -3.58. The van der Waals surface area contributed by atoms with Gasteiger partial charge in [0.15, 0.2) is 0 Å². The molecular weight excluding hydrogens is 286 g/mol. The minimum Gasteiger partial charge on any atom is -0.385 e. The Hall–Kier alpha value is -2.08. The molecule has 0 aliphatic carbocycles. The summed E-state index contributed by atoms with van der Waals surface area (Å²) in [6.45, 7) is 4.78. The molecule has 2 aromatic rings. The highest BCUT2D eigenvalue weighted by atomic mass is 32.2. The van der Waals surface area contributed by atoms with Crippen molar-refractivity contribution in [2.24, 2.45) is 0 Å². The number of benzene rings is 1. The van der Waals surface area contributed by atoms with Gasteiger partial charge in [-0.15, -0.1) is 0 Å². The molecule has 0 saturated carbocycles. The maximum Gasteiger partial charge on any atom is 0.261 e. The third kappa shape index (κ3) is 4.19. The molecule has 0 saturated heterocycles. The minimum atomic E-state index is -3.58. The smallest absolute Gasteiger partial charge is 0.261 e. The quantitative estimate of drug-likeness (QED) is 0.860. The average molecular weight is 305 g/mol. The molecule has 0 atom stereocenters. The lowest BCUT2D eigenvalue weighted by molar-refractivity contribution is 0.601. The van der Waals surface area contributed by atoms with Crippen molar-refractivity contribution in [1.82, 2.24) is 4.98 Å². The Labute approximate surface area is 125 Å². The summed E-state index contributed by atoms with van der Waals surface area (Å²) >= 11 is 0. The number of hydrogen-bond acceptors (Lipinski definition) is 4. The van der Waals surface area contributed by atoms with Gasteiger partial charge in [0.05, 0.1) is 16.8 Å². The summed E-state index contributed by atoms with van der Waals surface area (Å²) in [5.41, 5.74) is 2.20. The van der Waals surface area contributed by atoms with Gasteiger partial charge in [-0.2, -0.15) is 0 Å². The molecule has 21 heavy (non-hydrogen) atoms. The van der Waals surface area contributed by atoms with Gasteiger partial charge in [0.2, 0.25) is 0 Å². The normalized spacial score (nSPS) is 11.1. The molecule has 6 heteroatoms. The van der Waals surface area contributed by atoms with Crippen LogP contribution in [-0.4, -0.2) is 19.9 Å². The van der Waals surface area contributed by atoms with Gasteiger partial charge in [0, 0.05) is 17.9 Å². The van der Waals surface area contributed by atoms with Crippen molar-refractivity contribution in [1.29, 1.82) is 0 Å².